The molecule has 6 N–H and O–H groups in total. The fourth-order valence-corrected chi connectivity index (χ4v) is 11.8. The molecule has 470 valence electrons. The van der Waals surface area contributed by atoms with Crippen LogP contribution in [0.2, 0.25) is 0 Å². The molecule has 1 aliphatic heterocycles. The van der Waals surface area contributed by atoms with E-state index < -0.39 is 49.5 Å². The third-order valence-electron chi connectivity index (χ3n) is 17.4. The molecule has 79 heavy (non-hydrogen) atoms. The van der Waals surface area contributed by atoms with Crippen molar-refractivity contribution in [3.63, 3.8) is 0 Å². The molecular formula is C70H137NO8. The quantitative estimate of drug-likeness (QED) is 0.0261. The Labute approximate surface area is 490 Å². The maximum absolute atomic E-state index is 13.1. The molecule has 7 unspecified atom stereocenters. The van der Waals surface area contributed by atoms with Gasteiger partial charge in [-0.15, -0.1) is 0 Å². The third-order valence-corrected chi connectivity index (χ3v) is 17.4. The first-order valence-corrected chi connectivity index (χ1v) is 35.4. The predicted octanol–water partition coefficient (Wildman–Crippen LogP) is 19.1. The van der Waals surface area contributed by atoms with Crippen LogP contribution in [-0.4, -0.2) is 87.5 Å². The first-order valence-electron chi connectivity index (χ1n) is 35.4. The summed E-state index contributed by atoms with van der Waals surface area (Å²) < 4.78 is 11.3. The van der Waals surface area contributed by atoms with E-state index in [1.807, 2.05) is 6.08 Å². The van der Waals surface area contributed by atoms with Crippen molar-refractivity contribution in [2.75, 3.05) is 13.2 Å². The number of aliphatic hydroxyl groups is 5. The standard InChI is InChI=1S/C70H137NO8/c1-3-5-7-9-11-13-15-17-19-21-23-25-27-29-30-31-32-33-34-35-36-37-39-41-43-45-47-49-51-53-55-57-59-64(73)63(62-78-70-69(77)68(76)67(75)65(61-72)79-70)71-66(74)60-58-56-54-52-50-48-46-44-42-40-38-28-26-24-22-20-18-16-14-12-10-8-6-4-2/h57,59,63-65,67-70,72-73,75-77H,3-56,58,60-62H2,1-2H3,(H,71,74)/b59-57+. The number of hydrogen-bond donors (Lipinski definition) is 6. The number of aliphatic hydroxyl groups excluding tert-OH is 5. The second-order valence-electron chi connectivity index (χ2n) is 25.0. The molecule has 0 bridgehead atoms. The van der Waals surface area contributed by atoms with Crippen LogP contribution in [-0.2, 0) is 14.3 Å². The van der Waals surface area contributed by atoms with E-state index in [-0.39, 0.29) is 12.5 Å². The highest BCUT2D eigenvalue weighted by Crippen LogP contribution is 2.24. The van der Waals surface area contributed by atoms with Gasteiger partial charge in [-0.1, -0.05) is 360 Å². The smallest absolute Gasteiger partial charge is 0.220 e. The normalized spacial score (nSPS) is 18.5. The molecule has 1 aliphatic rings. The Hall–Kier alpha value is -1.07. The molecule has 1 rings (SSSR count). The fraction of sp³-hybridized carbons (Fsp3) is 0.957. The number of rotatable bonds is 63. The number of allylic oxidation sites excluding steroid dienone is 1. The average molecular weight is 1120 g/mol. The van der Waals surface area contributed by atoms with Gasteiger partial charge in [-0.2, -0.15) is 0 Å². The van der Waals surface area contributed by atoms with Crippen molar-refractivity contribution in [3.8, 4) is 0 Å². The highest BCUT2D eigenvalue weighted by molar-refractivity contribution is 5.76. The Morgan fingerprint density at radius 1 is 0.418 bits per heavy atom. The van der Waals surface area contributed by atoms with Gasteiger partial charge in [0.05, 0.1) is 25.4 Å². The summed E-state index contributed by atoms with van der Waals surface area (Å²) in [7, 11) is 0. The molecule has 9 nitrogen and oxygen atoms in total. The predicted molar refractivity (Wildman–Crippen MR) is 337 cm³/mol. The highest BCUT2D eigenvalue weighted by atomic mass is 16.7. The number of unbranched alkanes of at least 4 members (excludes halogenated alkanes) is 53. The van der Waals surface area contributed by atoms with Crippen molar-refractivity contribution in [1.82, 2.24) is 5.32 Å². The molecule has 0 radical (unpaired) electrons. The fourth-order valence-electron chi connectivity index (χ4n) is 11.8. The molecule has 0 aromatic carbocycles. The summed E-state index contributed by atoms with van der Waals surface area (Å²) in [6, 6.07) is -0.802. The first kappa shape index (κ1) is 75.9. The Bertz CT molecular complexity index is 1250. The van der Waals surface area contributed by atoms with Gasteiger partial charge in [-0.05, 0) is 19.3 Å². The monoisotopic (exact) mass is 1120 g/mol. The van der Waals surface area contributed by atoms with Crippen molar-refractivity contribution in [2.45, 2.75) is 416 Å². The summed E-state index contributed by atoms with van der Waals surface area (Å²) in [5.74, 6) is -0.167. The number of hydrogen-bond acceptors (Lipinski definition) is 8. The van der Waals surface area contributed by atoms with Crippen molar-refractivity contribution in [3.05, 3.63) is 12.2 Å². The summed E-state index contributed by atoms with van der Waals surface area (Å²) in [5.41, 5.74) is 0. The molecule has 0 aliphatic carbocycles. The molecule has 7 atom stereocenters. The molecular weight excluding hydrogens is 983 g/mol. The van der Waals surface area contributed by atoms with E-state index in [1.54, 1.807) is 6.08 Å². The van der Waals surface area contributed by atoms with E-state index in [1.165, 1.54) is 315 Å². The van der Waals surface area contributed by atoms with E-state index in [4.69, 9.17) is 9.47 Å². The van der Waals surface area contributed by atoms with Gasteiger partial charge in [0.25, 0.3) is 0 Å². The Kier molecular flexibility index (Phi) is 57.7. The van der Waals surface area contributed by atoms with E-state index in [0.29, 0.717) is 6.42 Å². The highest BCUT2D eigenvalue weighted by Gasteiger charge is 2.44. The molecule has 0 spiro atoms. The van der Waals surface area contributed by atoms with E-state index in [2.05, 4.69) is 19.2 Å². The lowest BCUT2D eigenvalue weighted by Crippen LogP contribution is -2.60. The van der Waals surface area contributed by atoms with Crippen molar-refractivity contribution < 1.29 is 39.8 Å². The number of ether oxygens (including phenoxy) is 2. The van der Waals surface area contributed by atoms with E-state index in [0.717, 1.165) is 38.5 Å². The number of carbonyl (C=O) groups is 1. The van der Waals surface area contributed by atoms with Crippen LogP contribution in [0, 0.1) is 0 Å². The summed E-state index contributed by atoms with van der Waals surface area (Å²) in [6.45, 7) is 3.85. The lowest BCUT2D eigenvalue weighted by molar-refractivity contribution is -0.302. The van der Waals surface area contributed by atoms with Crippen LogP contribution in [0.15, 0.2) is 12.2 Å². The van der Waals surface area contributed by atoms with Crippen molar-refractivity contribution in [2.24, 2.45) is 0 Å². The zero-order chi connectivity index (χ0) is 57.2. The maximum atomic E-state index is 13.1. The summed E-state index contributed by atoms with van der Waals surface area (Å²) in [6.07, 6.45) is 70.4. The van der Waals surface area contributed by atoms with E-state index >= 15 is 0 Å². The molecule has 9 heteroatoms. The SMILES string of the molecule is CCCCCCCCCCCCCCCCCCCCCCCCCCCCCCCC/C=C/C(O)C(COC1OC(CO)C(O)C(O)C1O)NC(=O)CCCCCCCCCCCCCCCCCCCCCCCCCC. The molecule has 0 aromatic rings. The topological polar surface area (TPSA) is 149 Å². The first-order chi connectivity index (χ1) is 38.8. The minimum atomic E-state index is -1.56. The zero-order valence-electron chi connectivity index (χ0n) is 52.7. The Morgan fingerprint density at radius 3 is 0.987 bits per heavy atom. The van der Waals surface area contributed by atoms with Crippen LogP contribution >= 0.6 is 0 Å². The van der Waals surface area contributed by atoms with Gasteiger partial charge in [0.1, 0.15) is 24.4 Å². The summed E-state index contributed by atoms with van der Waals surface area (Å²) in [4.78, 5) is 13.1. The largest absolute Gasteiger partial charge is 0.394 e. The molecule has 1 amide bonds. The van der Waals surface area contributed by atoms with Gasteiger partial charge in [-0.3, -0.25) is 4.79 Å². The second-order valence-corrected chi connectivity index (χ2v) is 25.0. The Balaban J connectivity index is 2.11. The number of nitrogens with one attached hydrogen (secondary N) is 1. The lowest BCUT2D eigenvalue weighted by Gasteiger charge is -2.40. The molecule has 1 heterocycles. The summed E-state index contributed by atoms with van der Waals surface area (Å²) in [5, 5.41) is 54.8. The van der Waals surface area contributed by atoms with Crippen molar-refractivity contribution in [1.29, 1.82) is 0 Å². The average Bonchev–Trinajstić information content (AvgIpc) is 3.47. The van der Waals surface area contributed by atoms with Crippen molar-refractivity contribution >= 4 is 5.91 Å². The van der Waals surface area contributed by atoms with Crippen LogP contribution in [0.5, 0.6) is 0 Å². The Morgan fingerprint density at radius 2 is 0.696 bits per heavy atom. The molecule has 0 saturated carbocycles. The zero-order valence-corrected chi connectivity index (χ0v) is 52.7. The van der Waals surface area contributed by atoms with E-state index in [9.17, 15) is 30.3 Å². The van der Waals surface area contributed by atoms with Gasteiger partial charge in [0.15, 0.2) is 6.29 Å². The molecule has 1 fully saturated rings. The summed E-state index contributed by atoms with van der Waals surface area (Å²) >= 11 is 0. The van der Waals surface area contributed by atoms with Gasteiger partial charge in [0.2, 0.25) is 5.91 Å². The van der Waals surface area contributed by atoms with Crippen LogP contribution in [0.25, 0.3) is 0 Å². The maximum Gasteiger partial charge on any atom is 0.220 e. The minimum absolute atomic E-state index is 0.167. The molecule has 0 aromatic heterocycles. The van der Waals surface area contributed by atoms with Crippen LogP contribution in [0.3, 0.4) is 0 Å². The van der Waals surface area contributed by atoms with Gasteiger partial charge < -0.3 is 40.3 Å². The number of amides is 1. The van der Waals surface area contributed by atoms with Crippen LogP contribution in [0.1, 0.15) is 373 Å². The second kappa shape index (κ2) is 60.1. The van der Waals surface area contributed by atoms with Gasteiger partial charge in [0, 0.05) is 6.42 Å². The lowest BCUT2D eigenvalue weighted by atomic mass is 9.99. The van der Waals surface area contributed by atoms with Gasteiger partial charge in [-0.25, -0.2) is 0 Å². The van der Waals surface area contributed by atoms with Crippen LogP contribution in [0.4, 0.5) is 0 Å². The minimum Gasteiger partial charge on any atom is -0.394 e. The van der Waals surface area contributed by atoms with Gasteiger partial charge >= 0.3 is 0 Å². The number of carbonyl (C=O) groups excluding carboxylic acids is 1. The van der Waals surface area contributed by atoms with Crippen LogP contribution < -0.4 is 5.32 Å². The molecule has 1 saturated heterocycles. The third kappa shape index (κ3) is 49.0.